The molecule has 0 aliphatic carbocycles. The van der Waals surface area contributed by atoms with Crippen LogP contribution < -0.4 is 10.2 Å². The number of hydrogen-bond acceptors (Lipinski definition) is 3. The first-order valence-electron chi connectivity index (χ1n) is 7.32. The molecule has 0 atom stereocenters. The smallest absolute Gasteiger partial charge is 0.255 e. The number of hydrogen-bond donors (Lipinski definition) is 1. The van der Waals surface area contributed by atoms with Crippen molar-refractivity contribution in [3.8, 4) is 0 Å². The molecule has 1 fully saturated rings. The van der Waals surface area contributed by atoms with Gasteiger partial charge >= 0.3 is 0 Å². The fourth-order valence-corrected chi connectivity index (χ4v) is 3.44. The van der Waals surface area contributed by atoms with E-state index in [-0.39, 0.29) is 5.91 Å². The third kappa shape index (κ3) is 4.24. The Labute approximate surface area is 157 Å². The van der Waals surface area contributed by atoms with Crippen molar-refractivity contribution in [1.82, 2.24) is 0 Å². The molecule has 1 saturated heterocycles. The Kier molecular flexibility index (Phi) is 5.55. The number of benzene rings is 2. The molecule has 23 heavy (non-hydrogen) atoms. The van der Waals surface area contributed by atoms with Gasteiger partial charge in [-0.25, -0.2) is 0 Å². The van der Waals surface area contributed by atoms with Crippen molar-refractivity contribution < 1.29 is 9.53 Å². The second-order valence-corrected chi connectivity index (χ2v) is 7.33. The highest BCUT2D eigenvalue weighted by molar-refractivity contribution is 14.1. The summed E-state index contributed by atoms with van der Waals surface area (Å²) in [6, 6.07) is 13.4. The molecule has 1 N–H and O–H groups in total. The first kappa shape index (κ1) is 16.7. The Balaban J connectivity index is 1.72. The number of carbonyl (C=O) groups excluding carboxylic acids is 1. The van der Waals surface area contributed by atoms with Crippen LogP contribution in [0.1, 0.15) is 10.4 Å². The van der Waals surface area contributed by atoms with Gasteiger partial charge in [0.05, 0.1) is 18.9 Å². The second kappa shape index (κ2) is 7.63. The maximum atomic E-state index is 12.3. The van der Waals surface area contributed by atoms with Gasteiger partial charge in [0.15, 0.2) is 0 Å². The molecule has 0 radical (unpaired) electrons. The summed E-state index contributed by atoms with van der Waals surface area (Å²) in [7, 11) is 0. The molecule has 0 bridgehead atoms. The van der Waals surface area contributed by atoms with Crippen LogP contribution in [0.5, 0.6) is 0 Å². The summed E-state index contributed by atoms with van der Waals surface area (Å²) in [5.41, 5.74) is 2.55. The monoisotopic (exact) mass is 486 g/mol. The molecule has 0 spiro atoms. The Bertz CT molecular complexity index is 700. The van der Waals surface area contributed by atoms with E-state index in [0.29, 0.717) is 5.56 Å². The van der Waals surface area contributed by atoms with Gasteiger partial charge < -0.3 is 15.0 Å². The van der Waals surface area contributed by atoms with Crippen LogP contribution in [0.25, 0.3) is 0 Å². The average molecular weight is 487 g/mol. The molecular weight excluding hydrogens is 471 g/mol. The van der Waals surface area contributed by atoms with Gasteiger partial charge in [0, 0.05) is 32.4 Å². The Morgan fingerprint density at radius 3 is 2.48 bits per heavy atom. The molecule has 0 aromatic heterocycles. The average Bonchev–Trinajstić information content (AvgIpc) is 2.56. The third-order valence-corrected chi connectivity index (χ3v) is 5.02. The quantitative estimate of drug-likeness (QED) is 0.663. The Hall–Kier alpha value is -1.12. The van der Waals surface area contributed by atoms with E-state index in [2.05, 4.69) is 48.7 Å². The Morgan fingerprint density at radius 1 is 1.13 bits per heavy atom. The molecule has 1 amide bonds. The van der Waals surface area contributed by atoms with Crippen molar-refractivity contribution in [2.45, 2.75) is 0 Å². The highest BCUT2D eigenvalue weighted by Crippen LogP contribution is 2.30. The van der Waals surface area contributed by atoms with Crippen LogP contribution in [-0.2, 0) is 4.74 Å². The fraction of sp³-hybridized carbons (Fsp3) is 0.235. The fourth-order valence-electron chi connectivity index (χ4n) is 2.45. The maximum Gasteiger partial charge on any atom is 0.255 e. The van der Waals surface area contributed by atoms with Crippen molar-refractivity contribution in [3.63, 3.8) is 0 Å². The van der Waals surface area contributed by atoms with Crippen LogP contribution >= 0.6 is 38.5 Å². The maximum absolute atomic E-state index is 12.3. The van der Waals surface area contributed by atoms with E-state index in [1.165, 1.54) is 0 Å². The molecule has 0 unspecified atom stereocenters. The van der Waals surface area contributed by atoms with Gasteiger partial charge in [-0.3, -0.25) is 4.79 Å². The molecule has 6 heteroatoms. The van der Waals surface area contributed by atoms with Crippen LogP contribution in [0.4, 0.5) is 11.4 Å². The number of carbonyl (C=O) groups is 1. The number of morpholine rings is 1. The van der Waals surface area contributed by atoms with Gasteiger partial charge in [-0.05, 0) is 81.0 Å². The molecule has 3 rings (SSSR count). The van der Waals surface area contributed by atoms with Crippen LogP contribution in [0.15, 0.2) is 46.9 Å². The highest BCUT2D eigenvalue weighted by atomic mass is 127. The lowest BCUT2D eigenvalue weighted by Crippen LogP contribution is -2.36. The molecule has 2 aromatic carbocycles. The number of amides is 1. The zero-order valence-corrected chi connectivity index (χ0v) is 16.1. The lowest BCUT2D eigenvalue weighted by molar-refractivity contribution is 0.102. The van der Waals surface area contributed by atoms with Crippen molar-refractivity contribution >= 4 is 55.8 Å². The molecule has 1 aliphatic heterocycles. The summed E-state index contributed by atoms with van der Waals surface area (Å²) < 4.78 is 7.46. The van der Waals surface area contributed by atoms with Crippen molar-refractivity contribution in [3.05, 3.63) is 56.1 Å². The van der Waals surface area contributed by atoms with E-state index in [4.69, 9.17) is 4.74 Å². The lowest BCUT2D eigenvalue weighted by atomic mass is 10.2. The summed E-state index contributed by atoms with van der Waals surface area (Å²) in [5, 5.41) is 2.93. The van der Waals surface area contributed by atoms with Gasteiger partial charge in [0.25, 0.3) is 5.91 Å². The van der Waals surface area contributed by atoms with Gasteiger partial charge in [0.2, 0.25) is 0 Å². The van der Waals surface area contributed by atoms with Crippen LogP contribution in [0, 0.1) is 3.57 Å². The van der Waals surface area contributed by atoms with Gasteiger partial charge in [-0.15, -0.1) is 0 Å². The number of rotatable bonds is 3. The van der Waals surface area contributed by atoms with E-state index >= 15 is 0 Å². The van der Waals surface area contributed by atoms with Crippen molar-refractivity contribution in [2.75, 3.05) is 36.5 Å². The molecule has 1 heterocycles. The molecule has 0 saturated carbocycles. The predicted octanol–water partition coefficient (Wildman–Crippen LogP) is 4.14. The van der Waals surface area contributed by atoms with Crippen LogP contribution in [-0.4, -0.2) is 32.2 Å². The van der Waals surface area contributed by atoms with Crippen LogP contribution in [0.2, 0.25) is 0 Å². The minimum atomic E-state index is -0.104. The van der Waals surface area contributed by atoms with E-state index in [0.717, 1.165) is 45.7 Å². The standard InChI is InChI=1S/C17H16BrIN2O2/c18-15-11-14(5-6-16(15)21-7-9-23-10-8-21)20-17(22)12-1-3-13(19)4-2-12/h1-6,11H,7-10H2,(H,20,22). The summed E-state index contributed by atoms with van der Waals surface area (Å²) in [5.74, 6) is -0.104. The first-order chi connectivity index (χ1) is 11.1. The van der Waals surface area contributed by atoms with Crippen molar-refractivity contribution in [2.24, 2.45) is 0 Å². The summed E-state index contributed by atoms with van der Waals surface area (Å²) >= 11 is 5.82. The number of halogens is 2. The van der Waals surface area contributed by atoms with Gasteiger partial charge in [-0.2, -0.15) is 0 Å². The molecule has 4 nitrogen and oxygen atoms in total. The van der Waals surface area contributed by atoms with Gasteiger partial charge in [0.1, 0.15) is 0 Å². The minimum absolute atomic E-state index is 0.104. The topological polar surface area (TPSA) is 41.6 Å². The number of nitrogens with zero attached hydrogens (tertiary/aromatic N) is 1. The van der Waals surface area contributed by atoms with E-state index in [1.54, 1.807) is 0 Å². The summed E-state index contributed by atoms with van der Waals surface area (Å²) in [4.78, 5) is 14.5. The van der Waals surface area contributed by atoms with E-state index < -0.39 is 0 Å². The largest absolute Gasteiger partial charge is 0.378 e. The SMILES string of the molecule is O=C(Nc1ccc(N2CCOCC2)c(Br)c1)c1ccc(I)cc1. The molecule has 120 valence electrons. The predicted molar refractivity (Wildman–Crippen MR) is 104 cm³/mol. The zero-order chi connectivity index (χ0) is 16.2. The number of ether oxygens (including phenoxy) is 1. The van der Waals surface area contributed by atoms with Gasteiger partial charge in [-0.1, -0.05) is 0 Å². The minimum Gasteiger partial charge on any atom is -0.378 e. The lowest BCUT2D eigenvalue weighted by Gasteiger charge is -2.29. The third-order valence-electron chi connectivity index (χ3n) is 3.66. The van der Waals surface area contributed by atoms with Crippen LogP contribution in [0.3, 0.4) is 0 Å². The Morgan fingerprint density at radius 2 is 1.83 bits per heavy atom. The zero-order valence-electron chi connectivity index (χ0n) is 12.4. The molecular formula is C17H16BrIN2O2. The first-order valence-corrected chi connectivity index (χ1v) is 9.20. The number of anilines is 2. The van der Waals surface area contributed by atoms with E-state index in [9.17, 15) is 4.79 Å². The molecule has 2 aromatic rings. The number of nitrogens with one attached hydrogen (secondary N) is 1. The molecule has 1 aliphatic rings. The summed E-state index contributed by atoms with van der Waals surface area (Å²) in [6.07, 6.45) is 0. The highest BCUT2D eigenvalue weighted by Gasteiger charge is 2.14. The second-order valence-electron chi connectivity index (χ2n) is 5.23. The van der Waals surface area contributed by atoms with E-state index in [1.807, 2.05) is 42.5 Å². The normalized spacial score (nSPS) is 14.6. The summed E-state index contributed by atoms with van der Waals surface area (Å²) in [6.45, 7) is 3.26. The van der Waals surface area contributed by atoms with Crippen molar-refractivity contribution in [1.29, 1.82) is 0 Å².